The minimum Gasteiger partial charge on any atom is -0.497 e. The molecule has 0 spiro atoms. The van der Waals surface area contributed by atoms with Crippen LogP contribution in [0.3, 0.4) is 0 Å². The van der Waals surface area contributed by atoms with E-state index in [0.717, 1.165) is 15.4 Å². The van der Waals surface area contributed by atoms with Crippen LogP contribution >= 0.6 is 0 Å². The number of likely N-dealkylation sites (N-methyl/N-ethyl adjacent to an activating group) is 1. The Labute approximate surface area is 198 Å². The summed E-state index contributed by atoms with van der Waals surface area (Å²) in [6.45, 7) is 1.99. The minimum absolute atomic E-state index is 0.000202. The number of rotatable bonds is 8. The van der Waals surface area contributed by atoms with Crippen LogP contribution in [0.1, 0.15) is 19.8 Å². The Morgan fingerprint density at radius 3 is 2.06 bits per heavy atom. The highest BCUT2D eigenvalue weighted by molar-refractivity contribution is 7.89. The van der Waals surface area contributed by atoms with Crippen LogP contribution < -0.4 is 10.2 Å². The molecule has 1 atom stereocenters. The summed E-state index contributed by atoms with van der Waals surface area (Å²) < 4.78 is 33.3. The number of piperidine rings is 1. The molecule has 1 aliphatic rings. The molecule has 0 radical (unpaired) electrons. The highest BCUT2D eigenvalue weighted by atomic mass is 32.2. The second kappa shape index (κ2) is 10.9. The molecule has 2 aromatic rings. The highest BCUT2D eigenvalue weighted by Gasteiger charge is 2.41. The molecule has 10 nitrogen and oxygen atoms in total. The van der Waals surface area contributed by atoms with Crippen molar-refractivity contribution in [1.82, 2.24) is 14.7 Å². The number of carboxylic acid groups (broad SMARTS) is 1. The van der Waals surface area contributed by atoms with Gasteiger partial charge in [-0.15, -0.1) is 0 Å². The molecule has 2 aromatic carbocycles. The summed E-state index contributed by atoms with van der Waals surface area (Å²) in [5, 5.41) is 18.5. The predicted molar refractivity (Wildman–Crippen MR) is 124 cm³/mol. The van der Waals surface area contributed by atoms with Gasteiger partial charge in [-0.2, -0.15) is 4.31 Å². The van der Waals surface area contributed by atoms with Gasteiger partial charge < -0.3 is 14.7 Å². The first kappa shape index (κ1) is 25.5. The molecule has 184 valence electrons. The molecule has 3 rings (SSSR count). The van der Waals surface area contributed by atoms with Crippen LogP contribution in [0.15, 0.2) is 53.4 Å². The van der Waals surface area contributed by atoms with Gasteiger partial charge in [0.2, 0.25) is 10.0 Å². The maximum atomic E-state index is 13.5. The van der Waals surface area contributed by atoms with Gasteiger partial charge in [0.25, 0.3) is 5.91 Å². The smallest absolute Gasteiger partial charge is 0.407 e. The van der Waals surface area contributed by atoms with E-state index in [0.29, 0.717) is 18.6 Å². The van der Waals surface area contributed by atoms with E-state index in [1.807, 2.05) is 24.3 Å². The molecular formula is C23H29N3O7S. The van der Waals surface area contributed by atoms with Crippen LogP contribution in [0.5, 0.6) is 5.75 Å². The summed E-state index contributed by atoms with van der Waals surface area (Å²) in [6, 6.07) is 12.5. The Morgan fingerprint density at radius 2 is 1.62 bits per heavy atom. The number of benzene rings is 2. The number of hydrogen-bond donors (Lipinski definition) is 3. The molecular weight excluding hydrogens is 462 g/mol. The summed E-state index contributed by atoms with van der Waals surface area (Å²) >= 11 is 0. The van der Waals surface area contributed by atoms with Crippen molar-refractivity contribution < 1.29 is 33.1 Å². The van der Waals surface area contributed by atoms with Gasteiger partial charge >= 0.3 is 6.09 Å². The fraction of sp³-hybridized carbons (Fsp3) is 0.391. The third-order valence-electron chi connectivity index (χ3n) is 6.14. The molecule has 1 heterocycles. The fourth-order valence-corrected chi connectivity index (χ4v) is 5.96. The topological polar surface area (TPSA) is 136 Å². The molecule has 0 aliphatic carbocycles. The van der Waals surface area contributed by atoms with E-state index in [1.54, 1.807) is 31.6 Å². The lowest BCUT2D eigenvalue weighted by atomic mass is 9.89. The molecule has 1 unspecified atom stereocenters. The molecule has 3 N–H and O–H groups in total. The SMILES string of the molecule is CCN(C(C(=O)NO)C1CCN(C(=O)O)CC1)S(=O)(=O)c1ccc(-c2ccc(OC)cc2)cc1. The van der Waals surface area contributed by atoms with E-state index in [1.165, 1.54) is 17.0 Å². The number of carbonyl (C=O) groups is 2. The molecule has 1 aliphatic heterocycles. The van der Waals surface area contributed by atoms with Crippen molar-refractivity contribution in [2.45, 2.75) is 30.7 Å². The van der Waals surface area contributed by atoms with Crippen molar-refractivity contribution in [1.29, 1.82) is 0 Å². The number of amides is 2. The average Bonchev–Trinajstić information content (AvgIpc) is 2.86. The van der Waals surface area contributed by atoms with Crippen LogP contribution in [0.2, 0.25) is 0 Å². The number of sulfonamides is 1. The number of nitrogens with zero attached hydrogens (tertiary/aromatic N) is 2. The van der Waals surface area contributed by atoms with E-state index >= 15 is 0 Å². The van der Waals surface area contributed by atoms with E-state index < -0.39 is 34.0 Å². The second-order valence-corrected chi connectivity index (χ2v) is 9.88. The van der Waals surface area contributed by atoms with Crippen LogP contribution in [0.25, 0.3) is 11.1 Å². The molecule has 0 bridgehead atoms. The number of likely N-dealkylation sites (tertiary alicyclic amines) is 1. The molecule has 11 heteroatoms. The molecule has 1 fully saturated rings. The first-order valence-electron chi connectivity index (χ1n) is 10.9. The Hall–Kier alpha value is -3.15. The normalized spacial score (nSPS) is 15.7. The van der Waals surface area contributed by atoms with Crippen LogP contribution in [-0.2, 0) is 14.8 Å². The summed E-state index contributed by atoms with van der Waals surface area (Å²) in [7, 11) is -2.51. The molecule has 2 amide bonds. The zero-order valence-corrected chi connectivity index (χ0v) is 19.9. The maximum absolute atomic E-state index is 13.5. The molecule has 34 heavy (non-hydrogen) atoms. The maximum Gasteiger partial charge on any atom is 0.407 e. The van der Waals surface area contributed by atoms with E-state index in [4.69, 9.17) is 4.74 Å². The minimum atomic E-state index is -4.08. The number of hydrogen-bond acceptors (Lipinski definition) is 6. The Bertz CT molecular complexity index is 1100. The number of methoxy groups -OCH3 is 1. The third kappa shape index (κ3) is 5.32. The van der Waals surface area contributed by atoms with Crippen LogP contribution in [0.4, 0.5) is 4.79 Å². The zero-order valence-electron chi connectivity index (χ0n) is 19.0. The van der Waals surface area contributed by atoms with Gasteiger partial charge in [-0.05, 0) is 54.2 Å². The number of carbonyl (C=O) groups excluding carboxylic acids is 1. The van der Waals surface area contributed by atoms with Gasteiger partial charge in [0.1, 0.15) is 11.8 Å². The first-order valence-corrected chi connectivity index (χ1v) is 12.3. The first-order chi connectivity index (χ1) is 16.2. The van der Waals surface area contributed by atoms with Crippen LogP contribution in [0, 0.1) is 5.92 Å². The van der Waals surface area contributed by atoms with Crippen molar-refractivity contribution in [3.8, 4) is 16.9 Å². The lowest BCUT2D eigenvalue weighted by Crippen LogP contribution is -2.55. The fourth-order valence-electron chi connectivity index (χ4n) is 4.31. The summed E-state index contributed by atoms with van der Waals surface area (Å²) in [4.78, 5) is 25.0. The second-order valence-electron chi connectivity index (χ2n) is 7.99. The number of nitrogens with one attached hydrogen (secondary N) is 1. The highest BCUT2D eigenvalue weighted by Crippen LogP contribution is 2.30. The van der Waals surface area contributed by atoms with Gasteiger partial charge in [-0.1, -0.05) is 31.2 Å². The van der Waals surface area contributed by atoms with Gasteiger partial charge in [0, 0.05) is 19.6 Å². The summed E-state index contributed by atoms with van der Waals surface area (Å²) in [6.07, 6.45) is -0.460. The van der Waals surface area contributed by atoms with Crippen LogP contribution in [-0.4, -0.2) is 72.7 Å². The Balaban J connectivity index is 1.87. The third-order valence-corrected chi connectivity index (χ3v) is 8.11. The van der Waals surface area contributed by atoms with Gasteiger partial charge in [-0.25, -0.2) is 18.7 Å². The van der Waals surface area contributed by atoms with Gasteiger partial charge in [0.15, 0.2) is 0 Å². The van der Waals surface area contributed by atoms with Crippen molar-refractivity contribution in [2.75, 3.05) is 26.7 Å². The average molecular weight is 492 g/mol. The monoisotopic (exact) mass is 491 g/mol. The summed E-state index contributed by atoms with van der Waals surface area (Å²) in [5.74, 6) is -0.575. The predicted octanol–water partition coefficient (Wildman–Crippen LogP) is 2.64. The quantitative estimate of drug-likeness (QED) is 0.381. The van der Waals surface area contributed by atoms with Gasteiger partial charge in [-0.3, -0.25) is 10.0 Å². The number of hydroxylamine groups is 1. The van der Waals surface area contributed by atoms with Crippen molar-refractivity contribution in [3.05, 3.63) is 48.5 Å². The van der Waals surface area contributed by atoms with Crippen molar-refractivity contribution in [3.63, 3.8) is 0 Å². The van der Waals surface area contributed by atoms with E-state index in [-0.39, 0.29) is 24.5 Å². The Morgan fingerprint density at radius 1 is 1.09 bits per heavy atom. The zero-order chi connectivity index (χ0) is 24.9. The summed E-state index contributed by atoms with van der Waals surface area (Å²) in [5.41, 5.74) is 3.29. The lowest BCUT2D eigenvalue weighted by Gasteiger charge is -2.38. The van der Waals surface area contributed by atoms with Crippen molar-refractivity contribution >= 4 is 22.0 Å². The van der Waals surface area contributed by atoms with Crippen molar-refractivity contribution in [2.24, 2.45) is 5.92 Å². The Kier molecular flexibility index (Phi) is 8.13. The van der Waals surface area contributed by atoms with E-state index in [9.17, 15) is 28.3 Å². The number of ether oxygens (including phenoxy) is 1. The van der Waals surface area contributed by atoms with Gasteiger partial charge in [0.05, 0.1) is 12.0 Å². The van der Waals surface area contributed by atoms with E-state index in [2.05, 4.69) is 0 Å². The largest absolute Gasteiger partial charge is 0.497 e. The standard InChI is InChI=1S/C23H29N3O7S/c1-3-26(21(22(27)24-30)18-12-14-25(15-13-18)23(28)29)34(31,32)20-10-6-17(7-11-20)16-4-8-19(33-2)9-5-16/h4-11,18,21,30H,3,12-15H2,1-2H3,(H,24,27)(H,28,29). The lowest BCUT2D eigenvalue weighted by molar-refractivity contribution is -0.135. The molecule has 1 saturated heterocycles. The molecule has 0 saturated carbocycles. The molecule has 0 aromatic heterocycles.